The van der Waals surface area contributed by atoms with Crippen molar-refractivity contribution in [3.8, 4) is 0 Å². The molecule has 1 aromatic carbocycles. The standard InChI is InChI=1S/C9H6N2O2.C4H11N3O/c12-4-6-1-7(5-13)8-3-10-11-9(8)2-6;1-5-4(6-8)7(2)3/h1-5H,(H,10,11);8H,1-3H3,(H,5,6). The fourth-order valence-corrected chi connectivity index (χ4v) is 1.62. The maximum atomic E-state index is 10.6. The van der Waals surface area contributed by atoms with Crippen molar-refractivity contribution in [2.24, 2.45) is 4.99 Å². The number of guanidine groups is 1. The minimum Gasteiger partial charge on any atom is -0.347 e. The first-order valence-corrected chi connectivity index (χ1v) is 5.99. The normalized spacial score (nSPS) is 10.6. The van der Waals surface area contributed by atoms with Crippen LogP contribution in [-0.2, 0) is 0 Å². The maximum absolute atomic E-state index is 10.6. The Balaban J connectivity index is 0.000000240. The van der Waals surface area contributed by atoms with Gasteiger partial charge in [-0.05, 0) is 12.1 Å². The van der Waals surface area contributed by atoms with E-state index < -0.39 is 0 Å². The van der Waals surface area contributed by atoms with Gasteiger partial charge in [0.15, 0.2) is 6.29 Å². The van der Waals surface area contributed by atoms with E-state index in [2.05, 4.69) is 15.2 Å². The predicted octanol–water partition coefficient (Wildman–Crippen LogP) is 0.701. The van der Waals surface area contributed by atoms with E-state index in [-0.39, 0.29) is 0 Å². The summed E-state index contributed by atoms with van der Waals surface area (Å²) in [6, 6.07) is 3.19. The summed E-state index contributed by atoms with van der Waals surface area (Å²) in [5, 5.41) is 15.5. The number of H-pyrrole nitrogens is 1. The van der Waals surface area contributed by atoms with Gasteiger partial charge in [-0.2, -0.15) is 5.10 Å². The molecule has 0 atom stereocenters. The summed E-state index contributed by atoms with van der Waals surface area (Å²) < 4.78 is 0. The monoisotopic (exact) mass is 291 g/mol. The number of hydroxylamine groups is 1. The van der Waals surface area contributed by atoms with E-state index in [0.717, 1.165) is 5.39 Å². The first-order valence-electron chi connectivity index (χ1n) is 5.99. The van der Waals surface area contributed by atoms with Crippen LogP contribution in [-0.4, -0.2) is 60.0 Å². The fourth-order valence-electron chi connectivity index (χ4n) is 1.62. The number of nitrogens with one attached hydrogen (secondary N) is 2. The molecule has 2 rings (SSSR count). The van der Waals surface area contributed by atoms with Crippen LogP contribution in [0.25, 0.3) is 10.9 Å². The molecule has 1 heterocycles. The topological polar surface area (TPSA) is 111 Å². The van der Waals surface area contributed by atoms with Gasteiger partial charge in [-0.15, -0.1) is 0 Å². The second-order valence-electron chi connectivity index (χ2n) is 4.23. The van der Waals surface area contributed by atoms with Gasteiger partial charge in [0.05, 0.1) is 11.7 Å². The van der Waals surface area contributed by atoms with Crippen molar-refractivity contribution in [2.45, 2.75) is 0 Å². The van der Waals surface area contributed by atoms with Gasteiger partial charge in [0.1, 0.15) is 6.29 Å². The van der Waals surface area contributed by atoms with Crippen molar-refractivity contribution in [2.75, 3.05) is 21.1 Å². The van der Waals surface area contributed by atoms with Gasteiger partial charge in [-0.1, -0.05) is 0 Å². The number of aldehydes is 2. The van der Waals surface area contributed by atoms with Crippen molar-refractivity contribution >= 4 is 29.4 Å². The molecule has 0 saturated carbocycles. The fraction of sp³-hybridized carbons (Fsp3) is 0.231. The molecule has 21 heavy (non-hydrogen) atoms. The van der Waals surface area contributed by atoms with Gasteiger partial charge in [0.2, 0.25) is 5.96 Å². The Hall–Kier alpha value is -2.74. The zero-order chi connectivity index (χ0) is 15.8. The highest BCUT2D eigenvalue weighted by molar-refractivity contribution is 5.99. The number of nitrogens with zero attached hydrogens (tertiary/aromatic N) is 3. The Morgan fingerprint density at radius 3 is 2.52 bits per heavy atom. The van der Waals surface area contributed by atoms with E-state index in [9.17, 15) is 9.59 Å². The Bertz CT molecular complexity index is 648. The quantitative estimate of drug-likeness (QED) is 0.325. The zero-order valence-corrected chi connectivity index (χ0v) is 12.0. The lowest BCUT2D eigenvalue weighted by Crippen LogP contribution is -2.33. The molecule has 0 bridgehead atoms. The highest BCUT2D eigenvalue weighted by Crippen LogP contribution is 2.16. The molecule has 0 radical (unpaired) electrons. The first kappa shape index (κ1) is 16.3. The second kappa shape index (κ2) is 7.75. The Kier molecular flexibility index (Phi) is 6.02. The molecule has 0 aliphatic rings. The molecular weight excluding hydrogens is 274 g/mol. The van der Waals surface area contributed by atoms with E-state index in [1.807, 2.05) is 5.48 Å². The van der Waals surface area contributed by atoms with Gasteiger partial charge < -0.3 is 4.90 Å². The smallest absolute Gasteiger partial charge is 0.217 e. The number of aliphatic imine (C=N–C) groups is 1. The van der Waals surface area contributed by atoms with E-state index in [1.165, 1.54) is 6.07 Å². The molecule has 112 valence electrons. The lowest BCUT2D eigenvalue weighted by molar-refractivity contribution is 0.112. The van der Waals surface area contributed by atoms with Crippen LogP contribution >= 0.6 is 0 Å². The van der Waals surface area contributed by atoms with Gasteiger partial charge in [-0.3, -0.25) is 24.9 Å². The van der Waals surface area contributed by atoms with E-state index in [0.29, 0.717) is 35.2 Å². The average molecular weight is 291 g/mol. The minimum absolute atomic E-state index is 0.449. The molecule has 0 aliphatic carbocycles. The molecule has 0 saturated heterocycles. The Labute approximate surface area is 121 Å². The van der Waals surface area contributed by atoms with Gasteiger partial charge in [0.25, 0.3) is 0 Å². The predicted molar refractivity (Wildman–Crippen MR) is 78.8 cm³/mol. The van der Waals surface area contributed by atoms with Crippen molar-refractivity contribution in [3.63, 3.8) is 0 Å². The molecule has 0 fully saturated rings. The van der Waals surface area contributed by atoms with Crippen molar-refractivity contribution < 1.29 is 14.8 Å². The number of carbonyl (C=O) groups excluding carboxylic acids is 2. The zero-order valence-electron chi connectivity index (χ0n) is 12.0. The number of benzene rings is 1. The molecule has 0 amide bonds. The number of carbonyl (C=O) groups is 2. The molecule has 3 N–H and O–H groups in total. The molecule has 8 nitrogen and oxygen atoms in total. The Morgan fingerprint density at radius 1 is 1.38 bits per heavy atom. The van der Waals surface area contributed by atoms with Crippen molar-refractivity contribution in [1.82, 2.24) is 20.6 Å². The van der Waals surface area contributed by atoms with Crippen LogP contribution in [0.4, 0.5) is 0 Å². The van der Waals surface area contributed by atoms with E-state index in [1.54, 1.807) is 38.3 Å². The molecule has 0 spiro atoms. The van der Waals surface area contributed by atoms with Crippen LogP contribution in [0.2, 0.25) is 0 Å². The molecule has 0 unspecified atom stereocenters. The van der Waals surface area contributed by atoms with Crippen LogP contribution in [0.3, 0.4) is 0 Å². The number of aromatic nitrogens is 2. The van der Waals surface area contributed by atoms with Crippen molar-refractivity contribution in [3.05, 3.63) is 29.5 Å². The average Bonchev–Trinajstić information content (AvgIpc) is 2.96. The van der Waals surface area contributed by atoms with Gasteiger partial charge >= 0.3 is 0 Å². The van der Waals surface area contributed by atoms with Crippen LogP contribution in [0.5, 0.6) is 0 Å². The summed E-state index contributed by atoms with van der Waals surface area (Å²) in [5.74, 6) is 0.449. The lowest BCUT2D eigenvalue weighted by Gasteiger charge is -2.11. The number of fused-ring (bicyclic) bond motifs is 1. The first-order chi connectivity index (χ1) is 10.1. The van der Waals surface area contributed by atoms with E-state index in [4.69, 9.17) is 5.21 Å². The molecule has 1 aromatic heterocycles. The highest BCUT2D eigenvalue weighted by atomic mass is 16.5. The summed E-state index contributed by atoms with van der Waals surface area (Å²) >= 11 is 0. The van der Waals surface area contributed by atoms with E-state index >= 15 is 0 Å². The Morgan fingerprint density at radius 2 is 2.10 bits per heavy atom. The minimum atomic E-state index is 0.449. The van der Waals surface area contributed by atoms with Crippen LogP contribution in [0, 0.1) is 0 Å². The summed E-state index contributed by atoms with van der Waals surface area (Å²) in [6.45, 7) is 0. The summed E-state index contributed by atoms with van der Waals surface area (Å²) in [4.78, 5) is 26.5. The third-order valence-corrected chi connectivity index (χ3v) is 2.61. The summed E-state index contributed by atoms with van der Waals surface area (Å²) in [6.07, 6.45) is 2.98. The van der Waals surface area contributed by atoms with Gasteiger partial charge in [0, 0.05) is 37.7 Å². The summed E-state index contributed by atoms with van der Waals surface area (Å²) in [5.41, 5.74) is 3.58. The number of rotatable bonds is 2. The molecule has 8 heteroatoms. The third-order valence-electron chi connectivity index (χ3n) is 2.61. The third kappa shape index (κ3) is 4.11. The van der Waals surface area contributed by atoms with Crippen LogP contribution < -0.4 is 5.48 Å². The summed E-state index contributed by atoms with van der Waals surface area (Å²) in [7, 11) is 5.16. The van der Waals surface area contributed by atoms with Gasteiger partial charge in [-0.25, -0.2) is 5.48 Å². The largest absolute Gasteiger partial charge is 0.347 e. The maximum Gasteiger partial charge on any atom is 0.217 e. The lowest BCUT2D eigenvalue weighted by atomic mass is 10.1. The van der Waals surface area contributed by atoms with Crippen LogP contribution in [0.1, 0.15) is 20.7 Å². The molecule has 2 aromatic rings. The molecular formula is C13H17N5O3. The second-order valence-corrected chi connectivity index (χ2v) is 4.23. The molecule has 0 aliphatic heterocycles. The SMILES string of the molecule is CN=C(NO)N(C)C.O=Cc1cc(C=O)c2cn[nH]c2c1. The number of hydrogen-bond donors (Lipinski definition) is 3. The number of aromatic amines is 1. The van der Waals surface area contributed by atoms with Crippen molar-refractivity contribution in [1.29, 1.82) is 0 Å². The van der Waals surface area contributed by atoms with Crippen LogP contribution in [0.15, 0.2) is 23.3 Å². The highest BCUT2D eigenvalue weighted by Gasteiger charge is 2.04. The number of hydrogen-bond acceptors (Lipinski definition) is 5.